The van der Waals surface area contributed by atoms with Crippen molar-refractivity contribution in [2.75, 3.05) is 0 Å². The number of fused-ring (bicyclic) bond motifs is 1. The van der Waals surface area contributed by atoms with Crippen LogP contribution in [0.5, 0.6) is 0 Å². The number of rotatable bonds is 5. The number of esters is 1. The molecule has 2 N–H and O–H groups in total. The molecule has 2 heterocycles. The highest BCUT2D eigenvalue weighted by Gasteiger charge is 2.59. The van der Waals surface area contributed by atoms with Crippen molar-refractivity contribution in [1.82, 2.24) is 0 Å². The van der Waals surface area contributed by atoms with E-state index < -0.39 is 46.9 Å². The number of allylic oxidation sites excluding steroid dienone is 3. The van der Waals surface area contributed by atoms with E-state index in [1.54, 1.807) is 12.2 Å². The van der Waals surface area contributed by atoms with E-state index >= 15 is 0 Å². The number of aliphatic carboxylic acids is 1. The summed E-state index contributed by atoms with van der Waals surface area (Å²) in [6, 6.07) is 0. The fourth-order valence-electron chi connectivity index (χ4n) is 4.36. The number of carbonyl (C=O) groups excluding carboxylic acids is 3. The van der Waals surface area contributed by atoms with Gasteiger partial charge in [-0.2, -0.15) is 0 Å². The largest absolute Gasteiger partial charge is 0.478 e. The fourth-order valence-corrected chi connectivity index (χ4v) is 4.36. The summed E-state index contributed by atoms with van der Waals surface area (Å²) in [6.45, 7) is 5.64. The van der Waals surface area contributed by atoms with E-state index in [0.29, 0.717) is 18.4 Å². The van der Waals surface area contributed by atoms with Gasteiger partial charge in [0, 0.05) is 12.5 Å². The van der Waals surface area contributed by atoms with Gasteiger partial charge in [0.2, 0.25) is 23.0 Å². The Kier molecular flexibility index (Phi) is 6.76. The summed E-state index contributed by atoms with van der Waals surface area (Å²) in [7, 11) is 0. The van der Waals surface area contributed by atoms with Crippen LogP contribution in [0.4, 0.5) is 0 Å². The zero-order valence-electron chi connectivity index (χ0n) is 19.0. The Morgan fingerprint density at radius 2 is 1.97 bits per heavy atom. The molecule has 1 saturated heterocycles. The van der Waals surface area contributed by atoms with E-state index in [1.165, 1.54) is 26.0 Å². The maximum Gasteiger partial charge on any atom is 0.331 e. The van der Waals surface area contributed by atoms with Gasteiger partial charge in [0.15, 0.2) is 0 Å². The van der Waals surface area contributed by atoms with Crippen LogP contribution in [-0.4, -0.2) is 57.3 Å². The molecule has 3 aliphatic rings. The zero-order chi connectivity index (χ0) is 24.6. The molecule has 33 heavy (non-hydrogen) atoms. The lowest BCUT2D eigenvalue weighted by atomic mass is 9.70. The van der Waals surface area contributed by atoms with Gasteiger partial charge in [-0.15, -0.1) is 0 Å². The van der Waals surface area contributed by atoms with Crippen LogP contribution < -0.4 is 0 Å². The summed E-state index contributed by atoms with van der Waals surface area (Å²) in [4.78, 5) is 48.7. The van der Waals surface area contributed by atoms with E-state index in [-0.39, 0.29) is 23.7 Å². The van der Waals surface area contributed by atoms with E-state index in [1.807, 2.05) is 6.92 Å². The molecule has 9 heteroatoms. The molecule has 0 unspecified atom stereocenters. The number of aliphatic hydroxyl groups excluding tert-OH is 1. The summed E-state index contributed by atoms with van der Waals surface area (Å²) in [6.07, 6.45) is 6.93. The van der Waals surface area contributed by atoms with E-state index in [2.05, 4.69) is 0 Å². The topological polar surface area (TPSA) is 136 Å². The molecule has 1 aliphatic carbocycles. The first-order valence-electron chi connectivity index (χ1n) is 10.7. The number of aliphatic hydroxyl groups is 1. The number of ketones is 2. The van der Waals surface area contributed by atoms with Gasteiger partial charge in [-0.05, 0) is 51.7 Å². The highest BCUT2D eigenvalue weighted by Crippen LogP contribution is 2.49. The Morgan fingerprint density at radius 1 is 1.27 bits per heavy atom. The molecule has 0 aromatic rings. The predicted octanol–water partition coefficient (Wildman–Crippen LogP) is 2.15. The number of hydrogen-bond donors (Lipinski definition) is 2. The standard InChI is InChI=1S/C24H28O9/c1-13(22(29)30)7-5-6-8-18-16-11-20(27)23(4,33-15(3)25)21(28)17(16)12-31-24(18)19(26)10-9-14(2)32-24/h5-7,11-12,14,18-19,26H,8-10H2,1-4H3,(H,29,30)/b6-5+,13-7+/t14-,18+,19+,23-,24+/m0/s1. The molecule has 178 valence electrons. The van der Waals surface area contributed by atoms with Crippen LogP contribution in [0.1, 0.15) is 47.0 Å². The van der Waals surface area contributed by atoms with Gasteiger partial charge >= 0.3 is 11.9 Å². The molecule has 1 fully saturated rings. The van der Waals surface area contributed by atoms with E-state index in [0.717, 1.165) is 13.2 Å². The first kappa shape index (κ1) is 24.6. The summed E-state index contributed by atoms with van der Waals surface area (Å²) in [5.74, 6) is -5.52. The molecule has 0 aromatic carbocycles. The summed E-state index contributed by atoms with van der Waals surface area (Å²) < 4.78 is 17.1. The maximum atomic E-state index is 13.2. The Labute approximate surface area is 191 Å². The minimum atomic E-state index is -2.00. The molecule has 0 saturated carbocycles. The summed E-state index contributed by atoms with van der Waals surface area (Å²) >= 11 is 0. The Morgan fingerprint density at radius 3 is 2.61 bits per heavy atom. The molecule has 0 aromatic heterocycles. The van der Waals surface area contributed by atoms with Crippen LogP contribution in [0, 0.1) is 5.92 Å². The fraction of sp³-hybridized carbons (Fsp3) is 0.500. The van der Waals surface area contributed by atoms with Gasteiger partial charge < -0.3 is 24.4 Å². The lowest BCUT2D eigenvalue weighted by molar-refractivity contribution is -0.320. The quantitative estimate of drug-likeness (QED) is 0.274. The van der Waals surface area contributed by atoms with Crippen molar-refractivity contribution in [2.24, 2.45) is 5.92 Å². The second-order valence-corrected chi connectivity index (χ2v) is 8.68. The van der Waals surface area contributed by atoms with E-state index in [4.69, 9.17) is 19.3 Å². The molecule has 9 nitrogen and oxygen atoms in total. The molecule has 0 radical (unpaired) electrons. The third-order valence-corrected chi connectivity index (χ3v) is 6.20. The minimum Gasteiger partial charge on any atom is -0.478 e. The smallest absolute Gasteiger partial charge is 0.331 e. The van der Waals surface area contributed by atoms with Gasteiger partial charge in [0.25, 0.3) is 0 Å². The van der Waals surface area contributed by atoms with Crippen molar-refractivity contribution in [3.8, 4) is 0 Å². The zero-order valence-corrected chi connectivity index (χ0v) is 19.0. The molecular weight excluding hydrogens is 432 g/mol. The van der Waals surface area contributed by atoms with Crippen LogP contribution in [0.2, 0.25) is 0 Å². The Balaban J connectivity index is 2.06. The van der Waals surface area contributed by atoms with Crippen LogP contribution >= 0.6 is 0 Å². The van der Waals surface area contributed by atoms with Crippen LogP contribution in [0.25, 0.3) is 0 Å². The van der Waals surface area contributed by atoms with Gasteiger partial charge in [-0.3, -0.25) is 14.4 Å². The Hall–Kier alpha value is -3.04. The van der Waals surface area contributed by atoms with Crippen molar-refractivity contribution >= 4 is 23.5 Å². The van der Waals surface area contributed by atoms with Crippen LogP contribution in [0.15, 0.2) is 47.3 Å². The molecular formula is C24H28O9. The number of carbonyl (C=O) groups is 4. The number of carboxylic acid groups (broad SMARTS) is 1. The average molecular weight is 460 g/mol. The maximum absolute atomic E-state index is 13.2. The Bertz CT molecular complexity index is 1000. The number of carboxylic acids is 1. The molecule has 1 spiro atoms. The summed E-state index contributed by atoms with van der Waals surface area (Å²) in [5, 5.41) is 19.9. The number of ether oxygens (including phenoxy) is 3. The van der Waals surface area contributed by atoms with Crippen molar-refractivity contribution in [3.63, 3.8) is 0 Å². The lowest BCUT2D eigenvalue weighted by Crippen LogP contribution is -2.60. The van der Waals surface area contributed by atoms with Gasteiger partial charge in [0.05, 0.1) is 23.9 Å². The van der Waals surface area contributed by atoms with Crippen molar-refractivity contribution < 1.29 is 43.6 Å². The van der Waals surface area contributed by atoms with E-state index in [9.17, 15) is 24.3 Å². The summed E-state index contributed by atoms with van der Waals surface area (Å²) in [5.41, 5.74) is -1.49. The highest BCUT2D eigenvalue weighted by atomic mass is 16.7. The van der Waals surface area contributed by atoms with Gasteiger partial charge in [-0.25, -0.2) is 4.79 Å². The van der Waals surface area contributed by atoms with Crippen LogP contribution in [-0.2, 0) is 33.4 Å². The van der Waals surface area contributed by atoms with Crippen molar-refractivity contribution in [1.29, 1.82) is 0 Å². The molecule has 0 amide bonds. The minimum absolute atomic E-state index is 0.0636. The second-order valence-electron chi connectivity index (χ2n) is 8.68. The second kappa shape index (κ2) is 9.07. The number of hydrogen-bond acceptors (Lipinski definition) is 8. The molecule has 5 atom stereocenters. The third-order valence-electron chi connectivity index (χ3n) is 6.20. The van der Waals surface area contributed by atoms with Crippen LogP contribution in [0.3, 0.4) is 0 Å². The van der Waals surface area contributed by atoms with Crippen molar-refractivity contribution in [2.45, 2.75) is 70.6 Å². The SMILES string of the molecule is CC(=O)O[C@@]1(C)C(=O)C=C2C(=CO[C@@]3(O[C@@H](C)CC[C@H]3O)[C@@H]2C/C=C/C=C(\C)C(=O)O)C1=O. The van der Waals surface area contributed by atoms with Gasteiger partial charge in [0.1, 0.15) is 6.10 Å². The average Bonchev–Trinajstić information content (AvgIpc) is 2.73. The lowest BCUT2D eigenvalue weighted by Gasteiger charge is -2.50. The highest BCUT2D eigenvalue weighted by molar-refractivity contribution is 6.26. The molecule has 2 aliphatic heterocycles. The number of Topliss-reactive ketones (excluding diaryl/α,β-unsaturated/α-hetero) is 1. The van der Waals surface area contributed by atoms with Gasteiger partial charge in [-0.1, -0.05) is 18.2 Å². The molecule has 0 bridgehead atoms. The normalized spacial score (nSPS) is 34.5. The first-order chi connectivity index (χ1) is 15.4. The third kappa shape index (κ3) is 4.43. The van der Waals surface area contributed by atoms with Crippen molar-refractivity contribution in [3.05, 3.63) is 47.3 Å². The predicted molar refractivity (Wildman–Crippen MR) is 115 cm³/mol. The monoisotopic (exact) mass is 460 g/mol. The first-order valence-corrected chi connectivity index (χ1v) is 10.7. The molecule has 3 rings (SSSR count).